The zero-order chi connectivity index (χ0) is 18.2. The number of nitrogens with one attached hydrogen (secondary N) is 1. The van der Waals surface area contributed by atoms with Gasteiger partial charge in [0.05, 0.1) is 25.0 Å². The van der Waals surface area contributed by atoms with E-state index in [-0.39, 0.29) is 5.91 Å². The highest BCUT2D eigenvalue weighted by molar-refractivity contribution is 5.94. The number of aromatic nitrogens is 2. The van der Waals surface area contributed by atoms with E-state index < -0.39 is 6.10 Å². The van der Waals surface area contributed by atoms with Gasteiger partial charge in [-0.1, -0.05) is 48.5 Å². The Kier molecular flexibility index (Phi) is 6.01. The van der Waals surface area contributed by atoms with Crippen molar-refractivity contribution < 1.29 is 14.3 Å². The molecule has 6 heteroatoms. The highest BCUT2D eigenvalue weighted by atomic mass is 16.5. The van der Waals surface area contributed by atoms with Crippen LogP contribution in [0.25, 0.3) is 0 Å². The SMILES string of the molecule is COCCn1cc(NC(=O)C(Oc2ccccc2)c2ccccc2)cn1. The molecule has 0 saturated heterocycles. The number of anilines is 1. The van der Waals surface area contributed by atoms with E-state index in [1.165, 1.54) is 0 Å². The molecule has 3 rings (SSSR count). The first-order valence-corrected chi connectivity index (χ1v) is 8.35. The van der Waals surface area contributed by atoms with E-state index in [1.807, 2.05) is 60.7 Å². The molecule has 1 amide bonds. The van der Waals surface area contributed by atoms with E-state index in [0.29, 0.717) is 24.6 Å². The molecule has 1 atom stereocenters. The minimum absolute atomic E-state index is 0.258. The number of carbonyl (C=O) groups is 1. The second-order valence-corrected chi connectivity index (χ2v) is 5.70. The van der Waals surface area contributed by atoms with Crippen LogP contribution in [-0.2, 0) is 16.1 Å². The van der Waals surface area contributed by atoms with Crippen molar-refractivity contribution >= 4 is 11.6 Å². The molecular formula is C20H21N3O3. The molecule has 134 valence electrons. The molecule has 1 aromatic heterocycles. The Morgan fingerprint density at radius 2 is 1.81 bits per heavy atom. The molecule has 0 aliphatic heterocycles. The van der Waals surface area contributed by atoms with E-state index in [4.69, 9.17) is 9.47 Å². The third kappa shape index (κ3) is 4.70. The molecule has 0 aliphatic rings. The summed E-state index contributed by atoms with van der Waals surface area (Å²) in [6.45, 7) is 1.17. The lowest BCUT2D eigenvalue weighted by atomic mass is 10.1. The van der Waals surface area contributed by atoms with Gasteiger partial charge in [-0.15, -0.1) is 0 Å². The molecule has 0 bridgehead atoms. The van der Waals surface area contributed by atoms with Crippen LogP contribution < -0.4 is 10.1 Å². The Labute approximate surface area is 152 Å². The number of nitrogens with zero attached hydrogens (tertiary/aromatic N) is 2. The van der Waals surface area contributed by atoms with E-state index in [9.17, 15) is 4.79 Å². The van der Waals surface area contributed by atoms with Crippen LogP contribution in [-0.4, -0.2) is 29.4 Å². The Balaban J connectivity index is 1.75. The first-order valence-electron chi connectivity index (χ1n) is 8.35. The van der Waals surface area contributed by atoms with Crippen molar-refractivity contribution in [1.29, 1.82) is 0 Å². The summed E-state index contributed by atoms with van der Waals surface area (Å²) < 4.78 is 12.7. The van der Waals surface area contributed by atoms with Gasteiger partial charge in [-0.3, -0.25) is 9.48 Å². The van der Waals surface area contributed by atoms with Crippen LogP contribution in [0, 0.1) is 0 Å². The van der Waals surface area contributed by atoms with Gasteiger partial charge in [-0.05, 0) is 12.1 Å². The molecule has 0 fully saturated rings. The van der Waals surface area contributed by atoms with Crippen molar-refractivity contribution in [3.63, 3.8) is 0 Å². The monoisotopic (exact) mass is 351 g/mol. The molecule has 26 heavy (non-hydrogen) atoms. The fraction of sp³-hybridized carbons (Fsp3) is 0.200. The zero-order valence-corrected chi connectivity index (χ0v) is 14.5. The van der Waals surface area contributed by atoms with Crippen LogP contribution in [0.4, 0.5) is 5.69 Å². The van der Waals surface area contributed by atoms with Crippen molar-refractivity contribution in [3.05, 3.63) is 78.6 Å². The number of para-hydroxylation sites is 1. The second-order valence-electron chi connectivity index (χ2n) is 5.70. The van der Waals surface area contributed by atoms with Gasteiger partial charge in [0.15, 0.2) is 0 Å². The van der Waals surface area contributed by atoms with E-state index in [1.54, 1.807) is 24.2 Å². The van der Waals surface area contributed by atoms with Gasteiger partial charge in [0.1, 0.15) is 5.75 Å². The predicted octanol–water partition coefficient (Wildman–Crippen LogP) is 3.29. The minimum Gasteiger partial charge on any atom is -0.476 e. The number of hydrogen-bond acceptors (Lipinski definition) is 4. The van der Waals surface area contributed by atoms with E-state index in [2.05, 4.69) is 10.4 Å². The number of methoxy groups -OCH3 is 1. The van der Waals surface area contributed by atoms with Crippen molar-refractivity contribution in [2.45, 2.75) is 12.6 Å². The molecule has 1 unspecified atom stereocenters. The smallest absolute Gasteiger partial charge is 0.270 e. The van der Waals surface area contributed by atoms with Crippen LogP contribution in [0.1, 0.15) is 11.7 Å². The maximum atomic E-state index is 12.8. The molecule has 0 saturated carbocycles. The molecule has 0 aliphatic carbocycles. The Morgan fingerprint density at radius 3 is 2.50 bits per heavy atom. The van der Waals surface area contributed by atoms with Gasteiger partial charge in [-0.2, -0.15) is 5.10 Å². The van der Waals surface area contributed by atoms with Crippen molar-refractivity contribution in [3.8, 4) is 5.75 Å². The third-order valence-electron chi connectivity index (χ3n) is 3.76. The molecule has 1 N–H and O–H groups in total. The Bertz CT molecular complexity index is 819. The average Bonchev–Trinajstić information content (AvgIpc) is 3.13. The van der Waals surface area contributed by atoms with Crippen LogP contribution >= 0.6 is 0 Å². The van der Waals surface area contributed by atoms with Gasteiger partial charge >= 0.3 is 0 Å². The molecule has 1 heterocycles. The van der Waals surface area contributed by atoms with Gasteiger partial charge in [-0.25, -0.2) is 0 Å². The number of rotatable bonds is 8. The maximum Gasteiger partial charge on any atom is 0.270 e. The molecule has 3 aromatic rings. The largest absolute Gasteiger partial charge is 0.476 e. The summed E-state index contributed by atoms with van der Waals surface area (Å²) in [6.07, 6.45) is 2.61. The fourth-order valence-electron chi connectivity index (χ4n) is 2.48. The summed E-state index contributed by atoms with van der Waals surface area (Å²) in [4.78, 5) is 12.8. The summed E-state index contributed by atoms with van der Waals surface area (Å²) in [7, 11) is 1.64. The minimum atomic E-state index is -0.763. The first-order chi connectivity index (χ1) is 12.8. The first kappa shape index (κ1) is 17.7. The molecular weight excluding hydrogens is 330 g/mol. The van der Waals surface area contributed by atoms with Gasteiger partial charge < -0.3 is 14.8 Å². The molecule has 0 spiro atoms. The quantitative estimate of drug-likeness (QED) is 0.676. The van der Waals surface area contributed by atoms with Crippen molar-refractivity contribution in [2.24, 2.45) is 0 Å². The molecule has 0 radical (unpaired) electrons. The molecule has 6 nitrogen and oxygen atoms in total. The van der Waals surface area contributed by atoms with Gasteiger partial charge in [0, 0.05) is 18.9 Å². The average molecular weight is 351 g/mol. The summed E-state index contributed by atoms with van der Waals surface area (Å²) >= 11 is 0. The summed E-state index contributed by atoms with van der Waals surface area (Å²) in [5.41, 5.74) is 1.39. The normalized spacial score (nSPS) is 11.7. The lowest BCUT2D eigenvalue weighted by Gasteiger charge is -2.18. The van der Waals surface area contributed by atoms with Gasteiger partial charge in [0.25, 0.3) is 5.91 Å². The molecule has 2 aromatic carbocycles. The predicted molar refractivity (Wildman–Crippen MR) is 99.0 cm³/mol. The van der Waals surface area contributed by atoms with Crippen LogP contribution in [0.15, 0.2) is 73.1 Å². The highest BCUT2D eigenvalue weighted by Gasteiger charge is 2.23. The summed E-state index contributed by atoms with van der Waals surface area (Å²) in [5, 5.41) is 7.07. The lowest BCUT2D eigenvalue weighted by Crippen LogP contribution is -2.25. The number of benzene rings is 2. The number of hydrogen-bond donors (Lipinski definition) is 1. The second kappa shape index (κ2) is 8.82. The third-order valence-corrected chi connectivity index (χ3v) is 3.76. The highest BCUT2D eigenvalue weighted by Crippen LogP contribution is 2.23. The Hall–Kier alpha value is -3.12. The van der Waals surface area contributed by atoms with Crippen LogP contribution in [0.3, 0.4) is 0 Å². The zero-order valence-electron chi connectivity index (χ0n) is 14.5. The number of ether oxygens (including phenoxy) is 2. The summed E-state index contributed by atoms with van der Waals surface area (Å²) in [5.74, 6) is 0.374. The lowest BCUT2D eigenvalue weighted by molar-refractivity contribution is -0.123. The number of amides is 1. The van der Waals surface area contributed by atoms with E-state index in [0.717, 1.165) is 5.56 Å². The standard InChI is InChI=1S/C20H21N3O3/c1-25-13-12-23-15-17(14-21-23)22-20(24)19(16-8-4-2-5-9-16)26-18-10-6-3-7-11-18/h2-11,14-15,19H,12-13H2,1H3,(H,22,24). The Morgan fingerprint density at radius 1 is 1.12 bits per heavy atom. The fourth-order valence-corrected chi connectivity index (χ4v) is 2.48. The van der Waals surface area contributed by atoms with Crippen molar-refractivity contribution in [1.82, 2.24) is 9.78 Å². The summed E-state index contributed by atoms with van der Waals surface area (Å²) in [6, 6.07) is 18.7. The maximum absolute atomic E-state index is 12.8. The topological polar surface area (TPSA) is 65.4 Å². The van der Waals surface area contributed by atoms with E-state index >= 15 is 0 Å². The van der Waals surface area contributed by atoms with Crippen molar-refractivity contribution in [2.75, 3.05) is 19.0 Å². The van der Waals surface area contributed by atoms with Crippen LogP contribution in [0.5, 0.6) is 5.75 Å². The van der Waals surface area contributed by atoms with Gasteiger partial charge in [0.2, 0.25) is 6.10 Å². The number of carbonyl (C=O) groups excluding carboxylic acids is 1. The van der Waals surface area contributed by atoms with Crippen LogP contribution in [0.2, 0.25) is 0 Å².